The van der Waals surface area contributed by atoms with Crippen LogP contribution in [0.15, 0.2) is 60.7 Å². The number of likely N-dealkylation sites (tertiary alicyclic amines) is 1. The van der Waals surface area contributed by atoms with Gasteiger partial charge in [-0.05, 0) is 63.5 Å². The molecular weight excluding hydrogens is 560 g/mol. The maximum Gasteiger partial charge on any atom is 0.408 e. The Balaban J connectivity index is 1.79. The first-order valence-electron chi connectivity index (χ1n) is 15.6. The standard InChI is InChI=1S/C35H50N2O5S/c1-6-34(2,3)42-33(40)36-29(18-14-9-7-8-10-15-23-43)31(38)37-25-35(4,24-30(37)32(39)41-5)28-21-19-27(20-22-28)26-16-12-11-13-17-26/h10-13,15-16,19-22,26,29-30,43H,6-9,14,17-18,23-25H2,1-5H3,(H,36,40). The number of carbonyl (C=O) groups is 3. The predicted octanol–water partition coefficient (Wildman–Crippen LogP) is 7.04. The highest BCUT2D eigenvalue weighted by atomic mass is 32.1. The number of allylic oxidation sites excluding steroid dienone is 5. The number of thiol groups is 1. The highest BCUT2D eigenvalue weighted by molar-refractivity contribution is 7.80. The molecule has 0 saturated carbocycles. The minimum atomic E-state index is -0.809. The average Bonchev–Trinajstić information content (AvgIpc) is 3.38. The summed E-state index contributed by atoms with van der Waals surface area (Å²) in [5.41, 5.74) is 1.19. The van der Waals surface area contributed by atoms with Gasteiger partial charge in [0, 0.05) is 23.6 Å². The number of nitrogens with zero attached hydrogens (tertiary/aromatic N) is 1. The molecular formula is C35H50N2O5S. The molecule has 1 aliphatic heterocycles. The van der Waals surface area contributed by atoms with Gasteiger partial charge in [-0.25, -0.2) is 9.59 Å². The number of hydrogen-bond donors (Lipinski definition) is 2. The number of hydrogen-bond acceptors (Lipinski definition) is 6. The first-order chi connectivity index (χ1) is 20.5. The van der Waals surface area contributed by atoms with Crippen LogP contribution in [0.2, 0.25) is 0 Å². The number of unbranched alkanes of at least 4 members (excludes halogenated alkanes) is 3. The topological polar surface area (TPSA) is 84.9 Å². The molecule has 3 rings (SSSR count). The average molecular weight is 611 g/mol. The molecule has 1 aliphatic carbocycles. The van der Waals surface area contributed by atoms with Crippen LogP contribution in [0.1, 0.15) is 96.1 Å². The zero-order valence-corrected chi connectivity index (χ0v) is 27.4. The van der Waals surface area contributed by atoms with E-state index in [1.54, 1.807) is 4.90 Å². The van der Waals surface area contributed by atoms with Crippen LogP contribution in [-0.2, 0) is 24.5 Å². The van der Waals surface area contributed by atoms with E-state index in [-0.39, 0.29) is 5.91 Å². The van der Waals surface area contributed by atoms with Crippen LogP contribution >= 0.6 is 12.6 Å². The van der Waals surface area contributed by atoms with Crippen LogP contribution in [0.3, 0.4) is 0 Å². The van der Waals surface area contributed by atoms with Crippen LogP contribution in [0, 0.1) is 0 Å². The second kappa shape index (κ2) is 16.2. The van der Waals surface area contributed by atoms with Crippen molar-refractivity contribution >= 4 is 30.6 Å². The van der Waals surface area contributed by atoms with Crippen molar-refractivity contribution in [2.24, 2.45) is 0 Å². The molecule has 1 saturated heterocycles. The Bertz CT molecular complexity index is 1180. The van der Waals surface area contributed by atoms with Gasteiger partial charge in [0.05, 0.1) is 7.11 Å². The van der Waals surface area contributed by atoms with Crippen molar-refractivity contribution in [3.63, 3.8) is 0 Å². The number of carbonyl (C=O) groups excluding carboxylic acids is 3. The fourth-order valence-corrected chi connectivity index (χ4v) is 5.92. The van der Waals surface area contributed by atoms with E-state index in [1.165, 1.54) is 12.7 Å². The molecule has 0 aromatic heterocycles. The van der Waals surface area contributed by atoms with Gasteiger partial charge in [0.2, 0.25) is 5.91 Å². The Hall–Kier alpha value is -3.00. The number of alkyl carbamates (subject to hydrolysis) is 1. The highest BCUT2D eigenvalue weighted by Gasteiger charge is 2.49. The summed E-state index contributed by atoms with van der Waals surface area (Å²) in [6.45, 7) is 8.06. The van der Waals surface area contributed by atoms with Crippen LogP contribution in [-0.4, -0.2) is 60.0 Å². The van der Waals surface area contributed by atoms with Crippen molar-refractivity contribution in [3.05, 3.63) is 71.8 Å². The highest BCUT2D eigenvalue weighted by Crippen LogP contribution is 2.39. The molecule has 0 radical (unpaired) electrons. The number of ether oxygens (including phenoxy) is 2. The molecule has 1 heterocycles. The summed E-state index contributed by atoms with van der Waals surface area (Å²) in [6.07, 6.45) is 18.1. The molecule has 1 fully saturated rings. The molecule has 2 amide bonds. The number of esters is 1. The van der Waals surface area contributed by atoms with Crippen molar-refractivity contribution in [3.8, 4) is 0 Å². The molecule has 1 N–H and O–H groups in total. The second-order valence-electron chi connectivity index (χ2n) is 12.5. The molecule has 4 unspecified atom stereocenters. The van der Waals surface area contributed by atoms with Gasteiger partial charge in [0.15, 0.2) is 0 Å². The van der Waals surface area contributed by atoms with E-state index < -0.39 is 35.2 Å². The third-order valence-corrected chi connectivity index (χ3v) is 8.97. The van der Waals surface area contributed by atoms with Gasteiger partial charge in [-0.3, -0.25) is 4.79 Å². The van der Waals surface area contributed by atoms with E-state index >= 15 is 0 Å². The van der Waals surface area contributed by atoms with Gasteiger partial charge in [-0.1, -0.05) is 87.4 Å². The summed E-state index contributed by atoms with van der Waals surface area (Å²) >= 11 is 4.20. The lowest BCUT2D eigenvalue weighted by Gasteiger charge is -2.30. The minimum absolute atomic E-state index is 0.281. The summed E-state index contributed by atoms with van der Waals surface area (Å²) in [5, 5.41) is 2.84. The molecule has 0 bridgehead atoms. The van der Waals surface area contributed by atoms with E-state index in [1.807, 2.05) is 26.8 Å². The molecule has 8 heteroatoms. The minimum Gasteiger partial charge on any atom is -0.467 e. The van der Waals surface area contributed by atoms with Crippen LogP contribution < -0.4 is 5.32 Å². The van der Waals surface area contributed by atoms with Crippen molar-refractivity contribution in [1.29, 1.82) is 0 Å². The molecule has 2 aliphatic rings. The Morgan fingerprint density at radius 3 is 2.51 bits per heavy atom. The molecule has 1 aromatic carbocycles. The van der Waals surface area contributed by atoms with E-state index in [0.29, 0.717) is 37.5 Å². The van der Waals surface area contributed by atoms with Crippen molar-refractivity contribution < 1.29 is 23.9 Å². The van der Waals surface area contributed by atoms with Gasteiger partial charge in [-0.15, -0.1) is 0 Å². The number of amides is 2. The van der Waals surface area contributed by atoms with Gasteiger partial charge in [-0.2, -0.15) is 12.6 Å². The summed E-state index contributed by atoms with van der Waals surface area (Å²) in [7, 11) is 1.35. The van der Waals surface area contributed by atoms with Crippen molar-refractivity contribution in [2.75, 3.05) is 19.4 Å². The lowest BCUT2D eigenvalue weighted by atomic mass is 9.79. The second-order valence-corrected chi connectivity index (χ2v) is 12.9. The molecule has 43 heavy (non-hydrogen) atoms. The lowest BCUT2D eigenvalue weighted by Crippen LogP contribution is -2.53. The summed E-state index contributed by atoms with van der Waals surface area (Å²) in [6, 6.07) is 6.97. The number of benzene rings is 1. The summed E-state index contributed by atoms with van der Waals surface area (Å²) < 4.78 is 10.8. The van der Waals surface area contributed by atoms with E-state index in [4.69, 9.17) is 9.47 Å². The Morgan fingerprint density at radius 1 is 1.14 bits per heavy atom. The molecule has 236 valence electrons. The fraction of sp³-hybridized carbons (Fsp3) is 0.571. The van der Waals surface area contributed by atoms with Gasteiger partial charge < -0.3 is 19.7 Å². The Labute approximate surface area is 263 Å². The third kappa shape index (κ3) is 9.75. The Kier molecular flexibility index (Phi) is 13.0. The maximum absolute atomic E-state index is 14.1. The maximum atomic E-state index is 14.1. The van der Waals surface area contributed by atoms with Crippen LogP contribution in [0.4, 0.5) is 4.79 Å². The van der Waals surface area contributed by atoms with Crippen molar-refractivity contribution in [1.82, 2.24) is 10.2 Å². The summed E-state index contributed by atoms with van der Waals surface area (Å²) in [5.74, 6) is 0.333. The van der Waals surface area contributed by atoms with Gasteiger partial charge in [0.25, 0.3) is 0 Å². The zero-order valence-electron chi connectivity index (χ0n) is 26.5. The lowest BCUT2D eigenvalue weighted by molar-refractivity contribution is -0.151. The van der Waals surface area contributed by atoms with E-state index in [9.17, 15) is 14.4 Å². The number of rotatable bonds is 14. The molecule has 4 atom stereocenters. The van der Waals surface area contributed by atoms with Gasteiger partial charge >= 0.3 is 12.1 Å². The smallest absolute Gasteiger partial charge is 0.408 e. The first kappa shape index (κ1) is 34.5. The predicted molar refractivity (Wildman–Crippen MR) is 175 cm³/mol. The fourth-order valence-electron chi connectivity index (χ4n) is 5.77. The SMILES string of the molecule is CCC(C)(C)OC(=O)NC(CCCCCC=CCS)C(=O)N1CC(C)(c2ccc(C3C=CC=CC3)cc2)CC1C(=O)OC. The molecule has 7 nitrogen and oxygen atoms in total. The van der Waals surface area contributed by atoms with Gasteiger partial charge in [0.1, 0.15) is 17.7 Å². The third-order valence-electron chi connectivity index (χ3n) is 8.76. The largest absolute Gasteiger partial charge is 0.467 e. The monoisotopic (exact) mass is 610 g/mol. The first-order valence-corrected chi connectivity index (χ1v) is 16.2. The van der Waals surface area contributed by atoms with Crippen molar-refractivity contribution in [2.45, 2.75) is 108 Å². The van der Waals surface area contributed by atoms with Crippen LogP contribution in [0.5, 0.6) is 0 Å². The van der Waals surface area contributed by atoms with E-state index in [2.05, 4.69) is 79.5 Å². The Morgan fingerprint density at radius 2 is 1.88 bits per heavy atom. The normalized spacial score (nSPS) is 22.5. The van der Waals surface area contributed by atoms with Crippen LogP contribution in [0.25, 0.3) is 0 Å². The number of nitrogens with one attached hydrogen (secondary N) is 1. The quantitative estimate of drug-likeness (QED) is 0.102. The summed E-state index contributed by atoms with van der Waals surface area (Å²) in [4.78, 5) is 41.7. The molecule has 1 aromatic rings. The number of methoxy groups -OCH3 is 1. The van der Waals surface area contributed by atoms with E-state index in [0.717, 1.165) is 37.7 Å². The molecule has 0 spiro atoms. The zero-order chi connectivity index (χ0) is 31.5.